The minimum absolute atomic E-state index is 0.0000630. The molecule has 0 heterocycles. The van der Waals surface area contributed by atoms with Crippen LogP contribution in [0.25, 0.3) is 10.8 Å². The quantitative estimate of drug-likeness (QED) is 0.0704. The Morgan fingerprint density at radius 1 is 0.492 bits per heavy atom. The van der Waals surface area contributed by atoms with Gasteiger partial charge in [-0.15, -0.1) is 20.5 Å². The van der Waals surface area contributed by atoms with Crippen LogP contribution in [0.15, 0.2) is 167 Å². The Labute approximate surface area is 363 Å². The zero-order valence-corrected chi connectivity index (χ0v) is 35.8. The molecule has 63 heavy (non-hydrogen) atoms. The zero-order valence-electron chi connectivity index (χ0n) is 35.0. The number of nitrogens with one attached hydrogen (secondary N) is 1. The SMILES string of the molecule is COc1ccc(Nc2ccc3c(O)c(N=Nc4cc(C)c(N=Nc5cc(C)c(N=Nc6ccc(N=Nc7ccccc7S(=O)(=O)O)c(C)c6)cc5OC)cc4OC)ccc3c2)cc1. The molecule has 0 amide bonds. The van der Waals surface area contributed by atoms with E-state index in [0.29, 0.717) is 62.3 Å². The van der Waals surface area contributed by atoms with Gasteiger partial charge in [-0.3, -0.25) is 4.55 Å². The highest BCUT2D eigenvalue weighted by Gasteiger charge is 2.15. The molecular formula is C46H41N9O7S. The van der Waals surface area contributed by atoms with Gasteiger partial charge in [-0.2, -0.15) is 28.9 Å². The number of benzene rings is 7. The largest absolute Gasteiger partial charge is 0.505 e. The van der Waals surface area contributed by atoms with Gasteiger partial charge in [0.2, 0.25) is 0 Å². The number of hydrogen-bond acceptors (Lipinski definition) is 15. The predicted molar refractivity (Wildman–Crippen MR) is 241 cm³/mol. The first kappa shape index (κ1) is 43.2. The third-order valence-electron chi connectivity index (χ3n) is 9.74. The first-order chi connectivity index (χ1) is 30.3. The summed E-state index contributed by atoms with van der Waals surface area (Å²) < 4.78 is 49.4. The maximum Gasteiger partial charge on any atom is 0.296 e. The van der Waals surface area contributed by atoms with Gasteiger partial charge in [-0.25, -0.2) is 0 Å². The summed E-state index contributed by atoms with van der Waals surface area (Å²) >= 11 is 0. The van der Waals surface area contributed by atoms with Gasteiger partial charge < -0.3 is 24.6 Å². The Morgan fingerprint density at radius 3 is 1.65 bits per heavy atom. The molecule has 0 radical (unpaired) electrons. The molecule has 0 aliphatic carbocycles. The molecule has 7 aromatic carbocycles. The van der Waals surface area contributed by atoms with Gasteiger partial charge in [0, 0.05) is 28.9 Å². The molecule has 318 valence electrons. The summed E-state index contributed by atoms with van der Waals surface area (Å²) in [5.74, 6) is 1.59. The first-order valence-corrected chi connectivity index (χ1v) is 20.7. The second-order valence-electron chi connectivity index (χ2n) is 14.1. The summed E-state index contributed by atoms with van der Waals surface area (Å²) in [7, 11) is 0.205. The molecule has 16 nitrogen and oxygen atoms in total. The molecule has 0 spiro atoms. The van der Waals surface area contributed by atoms with Gasteiger partial charge in [-0.05, 0) is 134 Å². The van der Waals surface area contributed by atoms with E-state index in [1.165, 1.54) is 32.4 Å². The maximum absolute atomic E-state index is 11.7. The van der Waals surface area contributed by atoms with Crippen molar-refractivity contribution < 1.29 is 32.3 Å². The molecule has 0 aliphatic rings. The third kappa shape index (κ3) is 10.2. The smallest absolute Gasteiger partial charge is 0.296 e. The van der Waals surface area contributed by atoms with Gasteiger partial charge in [0.15, 0.2) is 5.75 Å². The summed E-state index contributed by atoms with van der Waals surface area (Å²) in [4.78, 5) is -0.338. The van der Waals surface area contributed by atoms with Crippen molar-refractivity contribution in [2.24, 2.45) is 40.9 Å². The summed E-state index contributed by atoms with van der Waals surface area (Å²) in [5, 5.41) is 50.8. The summed E-state index contributed by atoms with van der Waals surface area (Å²) in [6, 6.07) is 34.7. The van der Waals surface area contributed by atoms with Crippen LogP contribution in [0.3, 0.4) is 0 Å². The standard InChI is InChI=1S/C46H41N9O7S/c1-27-21-33(15-20-36(27)49-50-37-9-7-8-10-45(37)63(57,58)59)48-52-39-25-43(61-5)42(22-28(39)2)55-53-40-26-44(62-6)41(23-29(40)3)54-51-38-19-11-30-24-32(14-18-35(30)46(38)56)47-31-12-16-34(60-4)17-13-31/h7-26,47,56H,1-6H3,(H,57,58,59). The molecule has 0 saturated carbocycles. The van der Waals surface area contributed by atoms with Crippen LogP contribution in [0.5, 0.6) is 23.0 Å². The fraction of sp³-hybridized carbons (Fsp3) is 0.130. The average molecular weight is 864 g/mol. The van der Waals surface area contributed by atoms with Crippen LogP contribution in [0, 0.1) is 20.8 Å². The fourth-order valence-electron chi connectivity index (χ4n) is 6.33. The molecule has 0 atom stereocenters. The lowest BCUT2D eigenvalue weighted by Gasteiger charge is -2.10. The van der Waals surface area contributed by atoms with Crippen LogP contribution in [-0.2, 0) is 10.1 Å². The Bertz CT molecular complexity index is 3080. The van der Waals surface area contributed by atoms with E-state index < -0.39 is 10.1 Å². The van der Waals surface area contributed by atoms with Crippen LogP contribution in [0.4, 0.5) is 56.9 Å². The Balaban J connectivity index is 1.05. The molecular weight excluding hydrogens is 823 g/mol. The summed E-state index contributed by atoms with van der Waals surface area (Å²) in [5.41, 5.74) is 7.30. The zero-order chi connectivity index (χ0) is 44.7. The van der Waals surface area contributed by atoms with E-state index in [0.717, 1.165) is 33.6 Å². The molecule has 7 rings (SSSR count). The van der Waals surface area contributed by atoms with Crippen molar-refractivity contribution in [3.8, 4) is 23.0 Å². The van der Waals surface area contributed by atoms with E-state index >= 15 is 0 Å². The third-order valence-corrected chi connectivity index (χ3v) is 10.6. The Hall–Kier alpha value is -7.89. The number of fused-ring (bicyclic) bond motifs is 1. The van der Waals surface area contributed by atoms with Crippen molar-refractivity contribution in [1.82, 2.24) is 0 Å². The molecule has 0 aliphatic heterocycles. The minimum atomic E-state index is -4.46. The van der Waals surface area contributed by atoms with Crippen molar-refractivity contribution in [2.75, 3.05) is 26.6 Å². The minimum Gasteiger partial charge on any atom is -0.505 e. The Morgan fingerprint density at radius 2 is 1.03 bits per heavy atom. The molecule has 3 N–H and O–H groups in total. The van der Waals surface area contributed by atoms with Gasteiger partial charge in [0.25, 0.3) is 10.1 Å². The molecule has 17 heteroatoms. The highest BCUT2D eigenvalue weighted by Crippen LogP contribution is 2.42. The summed E-state index contributed by atoms with van der Waals surface area (Å²) in [6.45, 7) is 5.54. The van der Waals surface area contributed by atoms with Crippen LogP contribution in [0.2, 0.25) is 0 Å². The monoisotopic (exact) mass is 863 g/mol. The molecule has 0 bridgehead atoms. The lowest BCUT2D eigenvalue weighted by atomic mass is 10.1. The predicted octanol–water partition coefficient (Wildman–Crippen LogP) is 14.1. The highest BCUT2D eigenvalue weighted by molar-refractivity contribution is 7.86. The van der Waals surface area contributed by atoms with Gasteiger partial charge in [0.1, 0.15) is 44.9 Å². The number of rotatable bonds is 14. The van der Waals surface area contributed by atoms with Crippen LogP contribution >= 0.6 is 0 Å². The number of azo groups is 4. The van der Waals surface area contributed by atoms with Crippen molar-refractivity contribution in [3.63, 3.8) is 0 Å². The molecule has 0 saturated heterocycles. The molecule has 0 unspecified atom stereocenters. The number of nitrogens with zero attached hydrogens (tertiary/aromatic N) is 8. The number of hydrogen-bond donors (Lipinski definition) is 3. The number of aryl methyl sites for hydroxylation is 3. The van der Waals surface area contributed by atoms with E-state index in [4.69, 9.17) is 14.2 Å². The number of aromatic hydroxyl groups is 1. The second kappa shape index (κ2) is 18.8. The van der Waals surface area contributed by atoms with Crippen LogP contribution < -0.4 is 19.5 Å². The maximum atomic E-state index is 11.7. The number of phenolic OH excluding ortho intramolecular Hbond substituents is 1. The second-order valence-corrected chi connectivity index (χ2v) is 15.4. The topological polar surface area (TPSA) is 213 Å². The number of methoxy groups -OCH3 is 3. The fourth-order valence-corrected chi connectivity index (χ4v) is 6.95. The molecule has 7 aromatic rings. The lowest BCUT2D eigenvalue weighted by molar-refractivity contribution is 0.415. The first-order valence-electron chi connectivity index (χ1n) is 19.2. The van der Waals surface area contributed by atoms with Crippen molar-refractivity contribution in [3.05, 3.63) is 138 Å². The van der Waals surface area contributed by atoms with E-state index in [1.807, 2.05) is 69.3 Å². The Kier molecular flexibility index (Phi) is 12.9. The average Bonchev–Trinajstić information content (AvgIpc) is 3.27. The van der Waals surface area contributed by atoms with Crippen LogP contribution in [0.1, 0.15) is 16.7 Å². The molecule has 0 aromatic heterocycles. The van der Waals surface area contributed by atoms with Gasteiger partial charge >= 0.3 is 0 Å². The number of anilines is 2. The van der Waals surface area contributed by atoms with E-state index in [-0.39, 0.29) is 16.3 Å². The summed E-state index contributed by atoms with van der Waals surface area (Å²) in [6.07, 6.45) is 0. The van der Waals surface area contributed by atoms with Gasteiger partial charge in [0.05, 0.1) is 44.1 Å². The lowest BCUT2D eigenvalue weighted by Crippen LogP contribution is -1.97. The van der Waals surface area contributed by atoms with Crippen molar-refractivity contribution >= 4 is 77.8 Å². The molecule has 0 fully saturated rings. The van der Waals surface area contributed by atoms with E-state index in [9.17, 15) is 18.1 Å². The number of ether oxygens (including phenoxy) is 3. The van der Waals surface area contributed by atoms with E-state index in [2.05, 4.69) is 46.2 Å². The van der Waals surface area contributed by atoms with Crippen molar-refractivity contribution in [2.45, 2.75) is 25.7 Å². The van der Waals surface area contributed by atoms with Crippen molar-refractivity contribution in [1.29, 1.82) is 0 Å². The normalized spacial score (nSPS) is 12.0. The van der Waals surface area contributed by atoms with Gasteiger partial charge in [-0.1, -0.05) is 18.2 Å². The highest BCUT2D eigenvalue weighted by atomic mass is 32.2. The van der Waals surface area contributed by atoms with Crippen LogP contribution in [-0.4, -0.2) is 39.4 Å². The number of phenols is 1. The van der Waals surface area contributed by atoms with E-state index in [1.54, 1.807) is 61.7 Å².